The largest absolute Gasteiger partial charge is 0.478 e. The van der Waals surface area contributed by atoms with Crippen molar-refractivity contribution in [1.29, 1.82) is 0 Å². The molecule has 0 radical (unpaired) electrons. The molecule has 1 aromatic carbocycles. The fraction of sp³-hybridized carbons (Fsp3) is 0.250. The Morgan fingerprint density at radius 2 is 2.14 bits per heavy atom. The minimum absolute atomic E-state index is 0.364. The molecule has 2 aromatic rings. The predicted molar refractivity (Wildman–Crippen MR) is 78.6 cm³/mol. The first-order valence-electron chi connectivity index (χ1n) is 6.76. The van der Waals surface area contributed by atoms with Gasteiger partial charge in [-0.1, -0.05) is 11.7 Å². The lowest BCUT2D eigenvalue weighted by atomic mass is 10.2. The van der Waals surface area contributed by atoms with E-state index in [0.29, 0.717) is 18.3 Å². The number of nitrogens with zero attached hydrogens (tertiary/aromatic N) is 2. The van der Waals surface area contributed by atoms with Crippen LogP contribution >= 0.6 is 0 Å². The number of aliphatic imine (C=N–C) groups is 1. The fourth-order valence-corrected chi connectivity index (χ4v) is 2.07. The summed E-state index contributed by atoms with van der Waals surface area (Å²) in [5.74, 6) is 2.04. The highest BCUT2D eigenvalue weighted by Crippen LogP contribution is 2.24. The number of rotatable bonds is 5. The van der Waals surface area contributed by atoms with E-state index in [1.165, 1.54) is 0 Å². The molecule has 21 heavy (non-hydrogen) atoms. The van der Waals surface area contributed by atoms with E-state index in [2.05, 4.69) is 16.7 Å². The van der Waals surface area contributed by atoms with Crippen LogP contribution in [0.25, 0.3) is 0 Å². The summed E-state index contributed by atoms with van der Waals surface area (Å²) in [5.41, 5.74) is 1.76. The van der Waals surface area contributed by atoms with E-state index in [1.54, 1.807) is 6.08 Å². The van der Waals surface area contributed by atoms with Crippen LogP contribution in [0, 0.1) is 6.92 Å². The molecule has 0 aliphatic carbocycles. The first-order valence-corrected chi connectivity index (χ1v) is 6.76. The van der Waals surface area contributed by atoms with E-state index in [-0.39, 0.29) is 6.10 Å². The summed E-state index contributed by atoms with van der Waals surface area (Å²) < 4.78 is 16.5. The van der Waals surface area contributed by atoms with Crippen molar-refractivity contribution in [2.45, 2.75) is 13.0 Å². The van der Waals surface area contributed by atoms with Gasteiger partial charge in [-0.15, -0.1) is 0 Å². The molecule has 1 aromatic heterocycles. The van der Waals surface area contributed by atoms with Crippen molar-refractivity contribution in [3.63, 3.8) is 0 Å². The van der Waals surface area contributed by atoms with Crippen LogP contribution in [0.2, 0.25) is 0 Å². The van der Waals surface area contributed by atoms with Gasteiger partial charge >= 0.3 is 0 Å². The Hall–Kier alpha value is -2.56. The van der Waals surface area contributed by atoms with Crippen LogP contribution in [0.1, 0.15) is 23.1 Å². The molecule has 1 unspecified atom stereocenters. The summed E-state index contributed by atoms with van der Waals surface area (Å²) >= 11 is 0. The number of ether oxygens (including phenoxy) is 2. The first-order chi connectivity index (χ1) is 10.3. The van der Waals surface area contributed by atoms with Crippen LogP contribution in [0.5, 0.6) is 5.75 Å². The zero-order valence-corrected chi connectivity index (χ0v) is 11.8. The molecular weight excluding hydrogens is 268 g/mol. The molecule has 0 spiro atoms. The predicted octanol–water partition coefficient (Wildman–Crippen LogP) is 3.07. The standard InChI is InChI=1S/C16H16N2O3/c1-3-14(15-10-11(2)18-21-15)20-13-6-4-12(5-7-13)16-17-8-9-19-16/h3-7,10,14H,1,8-9H2,2H3. The lowest BCUT2D eigenvalue weighted by molar-refractivity contribution is 0.206. The van der Waals surface area contributed by atoms with Gasteiger partial charge < -0.3 is 14.0 Å². The van der Waals surface area contributed by atoms with Gasteiger partial charge in [-0.25, -0.2) is 4.99 Å². The average molecular weight is 284 g/mol. The van der Waals surface area contributed by atoms with Gasteiger partial charge in [-0.3, -0.25) is 0 Å². The van der Waals surface area contributed by atoms with E-state index in [1.807, 2.05) is 37.3 Å². The Morgan fingerprint density at radius 3 is 2.71 bits per heavy atom. The van der Waals surface area contributed by atoms with Crippen LogP contribution < -0.4 is 4.74 Å². The maximum absolute atomic E-state index is 5.85. The summed E-state index contributed by atoms with van der Waals surface area (Å²) in [6.07, 6.45) is 1.31. The second-order valence-corrected chi connectivity index (χ2v) is 4.70. The van der Waals surface area contributed by atoms with Gasteiger partial charge in [0.05, 0.1) is 12.2 Å². The Labute approximate surface area is 122 Å². The van der Waals surface area contributed by atoms with Gasteiger partial charge in [0.2, 0.25) is 5.90 Å². The zero-order chi connectivity index (χ0) is 14.7. The summed E-state index contributed by atoms with van der Waals surface area (Å²) in [6.45, 7) is 7.01. The number of benzene rings is 1. The second-order valence-electron chi connectivity index (χ2n) is 4.70. The Kier molecular flexibility index (Phi) is 3.73. The summed E-state index contributed by atoms with van der Waals surface area (Å²) in [4.78, 5) is 4.28. The van der Waals surface area contributed by atoms with Crippen molar-refractivity contribution in [1.82, 2.24) is 5.16 Å². The first kappa shape index (κ1) is 13.4. The third-order valence-corrected chi connectivity index (χ3v) is 3.09. The Morgan fingerprint density at radius 1 is 1.33 bits per heavy atom. The Bertz CT molecular complexity index is 658. The average Bonchev–Trinajstić information content (AvgIpc) is 3.17. The highest BCUT2D eigenvalue weighted by molar-refractivity contribution is 5.94. The number of aromatic nitrogens is 1. The third-order valence-electron chi connectivity index (χ3n) is 3.09. The summed E-state index contributed by atoms with van der Waals surface area (Å²) in [6, 6.07) is 9.43. The molecular formula is C16H16N2O3. The molecule has 1 atom stereocenters. The topological polar surface area (TPSA) is 56.9 Å². The van der Waals surface area contributed by atoms with Crippen LogP contribution in [-0.2, 0) is 4.74 Å². The lowest BCUT2D eigenvalue weighted by Gasteiger charge is -2.12. The number of hydrogen-bond donors (Lipinski definition) is 0. The minimum atomic E-state index is -0.364. The SMILES string of the molecule is C=CC(Oc1ccc(C2=NCCO2)cc1)c1cc(C)no1. The van der Waals surface area contributed by atoms with Gasteiger partial charge in [0.15, 0.2) is 11.9 Å². The van der Waals surface area contributed by atoms with Crippen LogP contribution in [0.3, 0.4) is 0 Å². The molecule has 108 valence electrons. The fourth-order valence-electron chi connectivity index (χ4n) is 2.07. The van der Waals surface area contributed by atoms with E-state index < -0.39 is 0 Å². The quantitative estimate of drug-likeness (QED) is 0.792. The van der Waals surface area contributed by atoms with E-state index in [4.69, 9.17) is 14.0 Å². The van der Waals surface area contributed by atoms with Crippen LogP contribution in [0.15, 0.2) is 52.5 Å². The van der Waals surface area contributed by atoms with Crippen molar-refractivity contribution in [3.8, 4) is 5.75 Å². The van der Waals surface area contributed by atoms with Gasteiger partial charge in [-0.05, 0) is 37.3 Å². The van der Waals surface area contributed by atoms with Crippen molar-refractivity contribution in [2.75, 3.05) is 13.2 Å². The van der Waals surface area contributed by atoms with Crippen molar-refractivity contribution >= 4 is 5.90 Å². The Balaban J connectivity index is 1.73. The van der Waals surface area contributed by atoms with E-state index in [9.17, 15) is 0 Å². The van der Waals surface area contributed by atoms with Gasteiger partial charge in [0.1, 0.15) is 12.4 Å². The zero-order valence-electron chi connectivity index (χ0n) is 11.8. The van der Waals surface area contributed by atoms with Crippen LogP contribution in [0.4, 0.5) is 0 Å². The molecule has 0 amide bonds. The van der Waals surface area contributed by atoms with Gasteiger partial charge in [0, 0.05) is 11.6 Å². The minimum Gasteiger partial charge on any atom is -0.478 e. The van der Waals surface area contributed by atoms with Crippen molar-refractivity contribution in [2.24, 2.45) is 4.99 Å². The smallest absolute Gasteiger partial charge is 0.216 e. The molecule has 0 saturated carbocycles. The molecule has 0 saturated heterocycles. The molecule has 5 nitrogen and oxygen atoms in total. The van der Waals surface area contributed by atoms with E-state index in [0.717, 1.165) is 23.6 Å². The molecule has 1 aliphatic heterocycles. The number of aryl methyl sites for hydroxylation is 1. The molecule has 1 aliphatic rings. The molecule has 0 fully saturated rings. The molecule has 2 heterocycles. The maximum Gasteiger partial charge on any atom is 0.216 e. The molecule has 0 N–H and O–H groups in total. The molecule has 0 bridgehead atoms. The summed E-state index contributed by atoms with van der Waals surface area (Å²) in [5, 5.41) is 3.86. The maximum atomic E-state index is 5.85. The van der Waals surface area contributed by atoms with Crippen LogP contribution in [-0.4, -0.2) is 24.2 Å². The van der Waals surface area contributed by atoms with E-state index >= 15 is 0 Å². The van der Waals surface area contributed by atoms with Crippen molar-refractivity contribution < 1.29 is 14.0 Å². The third kappa shape index (κ3) is 2.97. The van der Waals surface area contributed by atoms with Gasteiger partial charge in [-0.2, -0.15) is 0 Å². The highest BCUT2D eigenvalue weighted by atomic mass is 16.5. The van der Waals surface area contributed by atoms with Gasteiger partial charge in [0.25, 0.3) is 0 Å². The molecule has 5 heteroatoms. The second kappa shape index (κ2) is 5.83. The lowest BCUT2D eigenvalue weighted by Crippen LogP contribution is -2.04. The normalized spacial score (nSPS) is 15.2. The monoisotopic (exact) mass is 284 g/mol. The summed E-state index contributed by atoms with van der Waals surface area (Å²) in [7, 11) is 0. The van der Waals surface area contributed by atoms with Crippen molar-refractivity contribution in [3.05, 3.63) is 60.0 Å². The number of hydrogen-bond acceptors (Lipinski definition) is 5. The molecule has 3 rings (SSSR count). The highest BCUT2D eigenvalue weighted by Gasteiger charge is 2.15.